The van der Waals surface area contributed by atoms with E-state index in [0.29, 0.717) is 32.5 Å². The highest BCUT2D eigenvalue weighted by molar-refractivity contribution is 5.86. The molecule has 2 aromatic rings. The minimum absolute atomic E-state index is 0.0119. The number of methoxy groups -OCH3 is 1. The Morgan fingerprint density at radius 2 is 1.97 bits per heavy atom. The maximum atomic E-state index is 12.7. The van der Waals surface area contributed by atoms with E-state index in [1.54, 1.807) is 12.0 Å². The molecule has 2 heterocycles. The zero-order valence-electron chi connectivity index (χ0n) is 17.3. The Morgan fingerprint density at radius 3 is 2.63 bits per heavy atom. The Balaban J connectivity index is 1.50. The van der Waals surface area contributed by atoms with Gasteiger partial charge in [0.05, 0.1) is 12.5 Å². The van der Waals surface area contributed by atoms with Crippen molar-refractivity contribution in [3.63, 3.8) is 0 Å². The number of likely N-dealkylation sites (tertiary alicyclic amines) is 1. The summed E-state index contributed by atoms with van der Waals surface area (Å²) >= 11 is 0. The molecule has 2 saturated heterocycles. The van der Waals surface area contributed by atoms with Gasteiger partial charge < -0.3 is 20.1 Å². The summed E-state index contributed by atoms with van der Waals surface area (Å²) in [6, 6.07) is 16.0. The normalized spacial score (nSPS) is 23.5. The van der Waals surface area contributed by atoms with Crippen LogP contribution in [0.1, 0.15) is 24.8 Å². The van der Waals surface area contributed by atoms with Crippen molar-refractivity contribution < 1.29 is 19.1 Å². The van der Waals surface area contributed by atoms with Crippen LogP contribution in [0.4, 0.5) is 0 Å². The van der Waals surface area contributed by atoms with Gasteiger partial charge in [-0.05, 0) is 42.9 Å². The fourth-order valence-corrected chi connectivity index (χ4v) is 4.55. The van der Waals surface area contributed by atoms with E-state index < -0.39 is 5.41 Å². The molecule has 2 amide bonds. The van der Waals surface area contributed by atoms with Gasteiger partial charge in [0.15, 0.2) is 0 Å². The topological polar surface area (TPSA) is 81.9 Å². The molecular formula is C24H28N2O4. The SMILES string of the molecule is COc1ccccc1-c1ccc(C[C@@]2(C(N)=O)CCN(C(=O)[C@@H]3CCCO3)C2)cc1. The number of carbonyl (C=O) groups excluding carboxylic acids is 2. The number of nitrogens with two attached hydrogens (primary N) is 1. The molecule has 0 spiro atoms. The van der Waals surface area contributed by atoms with E-state index in [-0.39, 0.29) is 17.9 Å². The molecule has 0 unspecified atom stereocenters. The Kier molecular flexibility index (Phi) is 5.77. The second-order valence-electron chi connectivity index (χ2n) is 8.23. The second-order valence-corrected chi connectivity index (χ2v) is 8.23. The summed E-state index contributed by atoms with van der Waals surface area (Å²) in [4.78, 5) is 26.9. The van der Waals surface area contributed by atoms with Gasteiger partial charge in [0.25, 0.3) is 5.91 Å². The van der Waals surface area contributed by atoms with E-state index in [1.807, 2.05) is 48.5 Å². The Labute approximate surface area is 177 Å². The molecule has 2 atom stereocenters. The van der Waals surface area contributed by atoms with Gasteiger partial charge in [-0.25, -0.2) is 0 Å². The van der Waals surface area contributed by atoms with Crippen LogP contribution in [-0.4, -0.2) is 49.6 Å². The van der Waals surface area contributed by atoms with Crippen LogP contribution in [0.5, 0.6) is 5.75 Å². The summed E-state index contributed by atoms with van der Waals surface area (Å²) in [5.74, 6) is 0.457. The lowest BCUT2D eigenvalue weighted by Crippen LogP contribution is -2.44. The van der Waals surface area contributed by atoms with Crippen molar-refractivity contribution in [2.45, 2.75) is 31.8 Å². The third-order valence-corrected chi connectivity index (χ3v) is 6.31. The molecule has 2 fully saturated rings. The highest BCUT2D eigenvalue weighted by atomic mass is 16.5. The minimum Gasteiger partial charge on any atom is -0.496 e. The third kappa shape index (κ3) is 3.92. The molecule has 2 N–H and O–H groups in total. The van der Waals surface area contributed by atoms with Crippen molar-refractivity contribution in [3.05, 3.63) is 54.1 Å². The molecule has 2 aromatic carbocycles. The van der Waals surface area contributed by atoms with Crippen molar-refractivity contribution >= 4 is 11.8 Å². The molecule has 30 heavy (non-hydrogen) atoms. The van der Waals surface area contributed by atoms with Crippen molar-refractivity contribution in [1.82, 2.24) is 4.90 Å². The first-order valence-electron chi connectivity index (χ1n) is 10.4. The van der Waals surface area contributed by atoms with Crippen molar-refractivity contribution in [3.8, 4) is 16.9 Å². The fourth-order valence-electron chi connectivity index (χ4n) is 4.55. The first kappa shape index (κ1) is 20.4. The van der Waals surface area contributed by atoms with Crippen LogP contribution < -0.4 is 10.5 Å². The summed E-state index contributed by atoms with van der Waals surface area (Å²) in [6.07, 6.45) is 2.39. The van der Waals surface area contributed by atoms with E-state index in [0.717, 1.165) is 35.3 Å². The van der Waals surface area contributed by atoms with Crippen molar-refractivity contribution in [2.24, 2.45) is 11.1 Å². The first-order valence-corrected chi connectivity index (χ1v) is 10.4. The van der Waals surface area contributed by atoms with E-state index in [4.69, 9.17) is 15.2 Å². The number of primary amides is 1. The smallest absolute Gasteiger partial charge is 0.251 e. The van der Waals surface area contributed by atoms with Crippen LogP contribution in [-0.2, 0) is 20.7 Å². The average Bonchev–Trinajstić information content (AvgIpc) is 3.45. The van der Waals surface area contributed by atoms with E-state index in [2.05, 4.69) is 0 Å². The standard InChI is InChI=1S/C24H28N2O4/c1-29-20-6-3-2-5-19(20)18-10-8-17(9-11-18)15-24(23(25)28)12-13-26(16-24)22(27)21-7-4-14-30-21/h2-3,5-6,8-11,21H,4,7,12-16H2,1H3,(H2,25,28)/t21-,24-/m0/s1. The third-order valence-electron chi connectivity index (χ3n) is 6.31. The number of benzene rings is 2. The molecule has 158 valence electrons. The first-order chi connectivity index (χ1) is 14.5. The molecule has 2 aliphatic rings. The van der Waals surface area contributed by atoms with Gasteiger partial charge in [-0.3, -0.25) is 9.59 Å². The monoisotopic (exact) mass is 408 g/mol. The lowest BCUT2D eigenvalue weighted by atomic mass is 9.80. The molecule has 0 radical (unpaired) electrons. The molecule has 4 rings (SSSR count). The average molecular weight is 408 g/mol. The number of ether oxygens (including phenoxy) is 2. The zero-order chi connectivity index (χ0) is 21.1. The van der Waals surface area contributed by atoms with Gasteiger partial charge in [0, 0.05) is 25.3 Å². The molecular weight excluding hydrogens is 380 g/mol. The number of hydrogen-bond donors (Lipinski definition) is 1. The van der Waals surface area contributed by atoms with Gasteiger partial charge in [0.2, 0.25) is 5.91 Å². The summed E-state index contributed by atoms with van der Waals surface area (Å²) in [5.41, 5.74) is 8.19. The molecule has 2 aliphatic heterocycles. The molecule has 6 heteroatoms. The van der Waals surface area contributed by atoms with Crippen LogP contribution in [0.25, 0.3) is 11.1 Å². The number of amides is 2. The predicted molar refractivity (Wildman–Crippen MR) is 114 cm³/mol. The highest BCUT2D eigenvalue weighted by Crippen LogP contribution is 2.36. The number of rotatable bonds is 6. The van der Waals surface area contributed by atoms with E-state index in [1.165, 1.54) is 0 Å². The van der Waals surface area contributed by atoms with E-state index in [9.17, 15) is 9.59 Å². The van der Waals surface area contributed by atoms with Gasteiger partial charge in [-0.1, -0.05) is 42.5 Å². The maximum Gasteiger partial charge on any atom is 0.251 e. The van der Waals surface area contributed by atoms with Gasteiger partial charge >= 0.3 is 0 Å². The lowest BCUT2D eigenvalue weighted by molar-refractivity contribution is -0.140. The van der Waals surface area contributed by atoms with Gasteiger partial charge in [0.1, 0.15) is 11.9 Å². The zero-order valence-corrected chi connectivity index (χ0v) is 17.3. The van der Waals surface area contributed by atoms with E-state index >= 15 is 0 Å². The molecule has 0 aliphatic carbocycles. The molecule has 6 nitrogen and oxygen atoms in total. The highest BCUT2D eigenvalue weighted by Gasteiger charge is 2.46. The van der Waals surface area contributed by atoms with Crippen molar-refractivity contribution in [2.75, 3.05) is 26.8 Å². The predicted octanol–water partition coefficient (Wildman–Crippen LogP) is 2.79. The Morgan fingerprint density at radius 1 is 1.20 bits per heavy atom. The summed E-state index contributed by atoms with van der Waals surface area (Å²) in [5, 5.41) is 0. The molecule has 0 saturated carbocycles. The summed E-state index contributed by atoms with van der Waals surface area (Å²) < 4.78 is 11.0. The van der Waals surface area contributed by atoms with Crippen LogP contribution in [0, 0.1) is 5.41 Å². The largest absolute Gasteiger partial charge is 0.496 e. The molecule has 0 aromatic heterocycles. The van der Waals surface area contributed by atoms with Gasteiger partial charge in [-0.2, -0.15) is 0 Å². The lowest BCUT2D eigenvalue weighted by Gasteiger charge is -2.27. The van der Waals surface area contributed by atoms with Crippen LogP contribution >= 0.6 is 0 Å². The fraction of sp³-hybridized carbons (Fsp3) is 0.417. The number of hydrogen-bond acceptors (Lipinski definition) is 4. The minimum atomic E-state index is -0.736. The Hall–Kier alpha value is -2.86. The quantitative estimate of drug-likeness (QED) is 0.797. The Bertz CT molecular complexity index is 921. The van der Waals surface area contributed by atoms with Crippen LogP contribution in [0.2, 0.25) is 0 Å². The maximum absolute atomic E-state index is 12.7. The number of para-hydroxylation sites is 1. The number of carbonyl (C=O) groups is 2. The number of nitrogens with zero attached hydrogens (tertiary/aromatic N) is 1. The van der Waals surface area contributed by atoms with Crippen LogP contribution in [0.15, 0.2) is 48.5 Å². The second kappa shape index (κ2) is 8.48. The summed E-state index contributed by atoms with van der Waals surface area (Å²) in [7, 11) is 1.66. The summed E-state index contributed by atoms with van der Waals surface area (Å²) in [6.45, 7) is 1.53. The van der Waals surface area contributed by atoms with Gasteiger partial charge in [-0.15, -0.1) is 0 Å². The van der Waals surface area contributed by atoms with Crippen LogP contribution in [0.3, 0.4) is 0 Å². The van der Waals surface area contributed by atoms with Crippen molar-refractivity contribution in [1.29, 1.82) is 0 Å². The molecule has 0 bridgehead atoms.